The maximum absolute atomic E-state index is 14.0. The highest BCUT2D eigenvalue weighted by Crippen LogP contribution is 2.52. The van der Waals surface area contributed by atoms with Crippen LogP contribution in [0.4, 0.5) is 5.69 Å². The maximum Gasteiger partial charge on any atom is 0.259 e. The number of anilines is 1. The monoisotopic (exact) mass is 903 g/mol. The van der Waals surface area contributed by atoms with Crippen LogP contribution in [0.2, 0.25) is 0 Å². The fourth-order valence-electron chi connectivity index (χ4n) is 8.60. The molecule has 3 aromatic carbocycles. The van der Waals surface area contributed by atoms with Gasteiger partial charge in [0.2, 0.25) is 17.7 Å². The van der Waals surface area contributed by atoms with Crippen LogP contribution in [0.1, 0.15) is 85.3 Å². The first-order valence-corrected chi connectivity index (χ1v) is 24.0. The van der Waals surface area contributed by atoms with Crippen LogP contribution >= 0.6 is 11.8 Å². The highest BCUT2D eigenvalue weighted by Gasteiger charge is 2.55. The number of nitrogens with zero attached hydrogens (tertiary/aromatic N) is 2. The maximum atomic E-state index is 14.0. The number of thioether (sulfide) groups is 1. The minimum atomic E-state index is -3.65. The van der Waals surface area contributed by atoms with Gasteiger partial charge in [-0.05, 0) is 79.6 Å². The summed E-state index contributed by atoms with van der Waals surface area (Å²) in [6, 6.07) is 15.7. The third-order valence-electron chi connectivity index (χ3n) is 11.9. The number of carbonyl (C=O) groups is 5. The van der Waals surface area contributed by atoms with Gasteiger partial charge in [0.25, 0.3) is 11.8 Å². The molecule has 336 valence electrons. The van der Waals surface area contributed by atoms with Gasteiger partial charge in [-0.25, -0.2) is 8.42 Å². The molecule has 5 atom stereocenters. The topological polar surface area (TPSA) is 210 Å². The first-order chi connectivity index (χ1) is 30.1. The Morgan fingerprint density at radius 3 is 2.52 bits per heavy atom. The fraction of sp³-hybridized carbons (Fsp3) is 0.444. The molecule has 0 aliphatic carbocycles. The SMILES string of the molecule is CCOc1cc([C@@H](CS(C)(=O)=O)N2C(=O)c3c(NC(=O)CCCCNCc4ccc(OCC5SC=C6C(=O)N(C7CCC(=O)NC7=O)CC65C)cc4)cccc3C2O)ccc1OC. The van der Waals surface area contributed by atoms with Crippen LogP contribution < -0.4 is 30.2 Å². The summed E-state index contributed by atoms with van der Waals surface area (Å²) in [7, 11) is -2.16. The number of rotatable bonds is 19. The van der Waals surface area contributed by atoms with Crippen LogP contribution in [0.25, 0.3) is 0 Å². The van der Waals surface area contributed by atoms with Crippen LogP contribution in [0.3, 0.4) is 0 Å². The molecular weight excluding hydrogens is 851 g/mol. The normalized spacial score (nSPS) is 22.4. The largest absolute Gasteiger partial charge is 0.493 e. The number of unbranched alkanes of at least 4 members (excludes halogenated alkanes) is 1. The Hall–Kier alpha value is -5.43. The third kappa shape index (κ3) is 9.88. The van der Waals surface area contributed by atoms with E-state index >= 15 is 0 Å². The Kier molecular flexibility index (Phi) is 13.8. The van der Waals surface area contributed by atoms with Gasteiger partial charge in [0.1, 0.15) is 28.2 Å². The number of aliphatic hydroxyl groups is 1. The summed E-state index contributed by atoms with van der Waals surface area (Å²) in [6.07, 6.45) is 1.62. The van der Waals surface area contributed by atoms with Crippen molar-refractivity contribution in [2.75, 3.05) is 50.7 Å². The number of ether oxygens (including phenoxy) is 3. The predicted octanol–water partition coefficient (Wildman–Crippen LogP) is 4.26. The van der Waals surface area contributed by atoms with E-state index in [2.05, 4.69) is 16.0 Å². The minimum Gasteiger partial charge on any atom is -0.493 e. The number of sulfone groups is 1. The first-order valence-electron chi connectivity index (χ1n) is 21.0. The highest BCUT2D eigenvalue weighted by atomic mass is 32.2. The van der Waals surface area contributed by atoms with E-state index in [4.69, 9.17) is 14.2 Å². The molecule has 4 aliphatic heterocycles. The van der Waals surface area contributed by atoms with Gasteiger partial charge in [-0.3, -0.25) is 29.3 Å². The van der Waals surface area contributed by atoms with Gasteiger partial charge in [-0.15, -0.1) is 11.8 Å². The molecular formula is C45H53N5O11S2. The van der Waals surface area contributed by atoms with Crippen molar-refractivity contribution >= 4 is 56.8 Å². The number of likely N-dealkylation sites (tertiary alicyclic amines) is 1. The molecule has 7 rings (SSSR count). The standard InChI is InChI=1S/C45H53N5O11S2/c1-5-60-36-21-28(14-18-35(36)59-3)34(25-63(4,57)58)50-42(54)30-9-8-10-32(40(30)44(50)56)47-38(51)11-6-7-20-46-22-27-12-15-29(16-13-27)61-23-37-45(2)26-49(43(55)31(45)24-62-37)33-17-19-39(52)48-41(33)53/h8-10,12-16,18,21,24,33-34,37,42,46,54H,5-7,11,17,19-20,22-23,25-26H2,1-4H3,(H,47,51)(H,48,52,53)/t33?,34-,37?,42?,45?/m1/s1. The molecule has 0 bridgehead atoms. The highest BCUT2D eigenvalue weighted by molar-refractivity contribution is 8.03. The summed E-state index contributed by atoms with van der Waals surface area (Å²) >= 11 is 1.57. The molecule has 0 spiro atoms. The smallest absolute Gasteiger partial charge is 0.259 e. The average molecular weight is 904 g/mol. The minimum absolute atomic E-state index is 0.0279. The van der Waals surface area contributed by atoms with E-state index in [1.807, 2.05) is 36.6 Å². The van der Waals surface area contributed by atoms with Crippen molar-refractivity contribution in [2.45, 2.75) is 76.1 Å². The number of piperidine rings is 1. The molecule has 0 radical (unpaired) electrons. The number of benzene rings is 3. The molecule has 0 saturated carbocycles. The number of hydrogen-bond donors (Lipinski definition) is 4. The van der Waals surface area contributed by atoms with Crippen molar-refractivity contribution in [3.8, 4) is 17.2 Å². The number of fused-ring (bicyclic) bond motifs is 2. The van der Waals surface area contributed by atoms with E-state index in [0.717, 1.165) is 16.7 Å². The lowest BCUT2D eigenvalue weighted by Crippen LogP contribution is -2.53. The molecule has 4 heterocycles. The molecule has 63 heavy (non-hydrogen) atoms. The number of imide groups is 1. The van der Waals surface area contributed by atoms with Crippen LogP contribution in [-0.2, 0) is 35.6 Å². The Morgan fingerprint density at radius 2 is 1.81 bits per heavy atom. The lowest BCUT2D eigenvalue weighted by Gasteiger charge is -2.33. The van der Waals surface area contributed by atoms with Crippen LogP contribution in [0.15, 0.2) is 71.6 Å². The molecule has 4 N–H and O–H groups in total. The van der Waals surface area contributed by atoms with E-state index in [0.29, 0.717) is 80.5 Å². The lowest BCUT2D eigenvalue weighted by molar-refractivity contribution is -0.142. The predicted molar refractivity (Wildman–Crippen MR) is 236 cm³/mol. The number of nitrogens with one attached hydrogen (secondary N) is 3. The summed E-state index contributed by atoms with van der Waals surface area (Å²) in [5.41, 5.74) is 2.28. The average Bonchev–Trinajstić information content (AvgIpc) is 3.80. The van der Waals surface area contributed by atoms with Gasteiger partial charge in [0.15, 0.2) is 17.7 Å². The van der Waals surface area contributed by atoms with Gasteiger partial charge in [-0.2, -0.15) is 0 Å². The van der Waals surface area contributed by atoms with Gasteiger partial charge in [0.05, 0.1) is 42.0 Å². The van der Waals surface area contributed by atoms with E-state index in [1.165, 1.54) is 7.11 Å². The summed E-state index contributed by atoms with van der Waals surface area (Å²) in [4.78, 5) is 67.3. The van der Waals surface area contributed by atoms with Gasteiger partial charge in [0, 0.05) is 48.7 Å². The first kappa shape index (κ1) is 45.6. The molecule has 2 saturated heterocycles. The van der Waals surface area contributed by atoms with E-state index < -0.39 is 51.1 Å². The van der Waals surface area contributed by atoms with Gasteiger partial charge in [-0.1, -0.05) is 37.3 Å². The summed E-state index contributed by atoms with van der Waals surface area (Å²) in [5.74, 6) is -0.765. The molecule has 4 aliphatic rings. The zero-order valence-corrected chi connectivity index (χ0v) is 37.3. The Balaban J connectivity index is 0.861. The number of carbonyl (C=O) groups excluding carboxylic acids is 5. The summed E-state index contributed by atoms with van der Waals surface area (Å²) in [6.45, 7) is 6.18. The van der Waals surface area contributed by atoms with Crippen LogP contribution in [0.5, 0.6) is 17.2 Å². The van der Waals surface area contributed by atoms with E-state index in [-0.39, 0.29) is 52.6 Å². The second-order valence-corrected chi connectivity index (χ2v) is 19.7. The number of hydrogen-bond acceptors (Lipinski definition) is 13. The summed E-state index contributed by atoms with van der Waals surface area (Å²) in [5, 5.41) is 21.9. The second-order valence-electron chi connectivity index (χ2n) is 16.4. The van der Waals surface area contributed by atoms with Crippen molar-refractivity contribution in [1.29, 1.82) is 0 Å². The molecule has 4 unspecified atom stereocenters. The zero-order chi connectivity index (χ0) is 45.1. The quantitative estimate of drug-likeness (QED) is 0.0981. The Morgan fingerprint density at radius 1 is 1.03 bits per heavy atom. The number of methoxy groups -OCH3 is 1. The lowest BCUT2D eigenvalue weighted by atomic mass is 9.82. The molecule has 5 amide bonds. The second kappa shape index (κ2) is 19.1. The number of amides is 5. The Labute approximate surface area is 371 Å². The molecule has 18 heteroatoms. The van der Waals surface area contributed by atoms with Crippen molar-refractivity contribution in [3.63, 3.8) is 0 Å². The van der Waals surface area contributed by atoms with Gasteiger partial charge < -0.3 is 39.8 Å². The van der Waals surface area contributed by atoms with Crippen molar-refractivity contribution < 1.29 is 51.7 Å². The van der Waals surface area contributed by atoms with Crippen LogP contribution in [-0.4, -0.2) is 110 Å². The zero-order valence-electron chi connectivity index (χ0n) is 35.7. The fourth-order valence-corrected chi connectivity index (χ4v) is 10.8. The molecule has 0 aromatic heterocycles. The third-order valence-corrected chi connectivity index (χ3v) is 14.2. The molecule has 3 aromatic rings. The van der Waals surface area contributed by atoms with E-state index in [1.54, 1.807) is 60.0 Å². The van der Waals surface area contributed by atoms with Crippen molar-refractivity contribution in [1.82, 2.24) is 20.4 Å². The van der Waals surface area contributed by atoms with Crippen molar-refractivity contribution in [2.24, 2.45) is 5.41 Å². The Bertz CT molecular complexity index is 2410. The summed E-state index contributed by atoms with van der Waals surface area (Å²) < 4.78 is 42.5. The van der Waals surface area contributed by atoms with Gasteiger partial charge >= 0.3 is 0 Å². The number of aliphatic hydroxyl groups excluding tert-OH is 1. The van der Waals surface area contributed by atoms with Crippen LogP contribution in [0, 0.1) is 5.41 Å². The molecule has 2 fully saturated rings. The molecule has 16 nitrogen and oxygen atoms in total. The van der Waals surface area contributed by atoms with Crippen molar-refractivity contribution in [3.05, 3.63) is 93.9 Å². The van der Waals surface area contributed by atoms with E-state index in [9.17, 15) is 37.5 Å².